The van der Waals surface area contributed by atoms with Gasteiger partial charge in [-0.1, -0.05) is 35.9 Å². The SMILES string of the molecule is CC(C)Oc1c(Cl)cccc1NC(=O)CN(C)c1ccccc1. The van der Waals surface area contributed by atoms with Gasteiger partial charge in [0, 0.05) is 12.7 Å². The number of amides is 1. The van der Waals surface area contributed by atoms with Gasteiger partial charge in [-0.05, 0) is 38.1 Å². The van der Waals surface area contributed by atoms with Gasteiger partial charge < -0.3 is 15.0 Å². The summed E-state index contributed by atoms with van der Waals surface area (Å²) in [6.45, 7) is 4.06. The normalized spacial score (nSPS) is 10.5. The molecule has 0 spiro atoms. The van der Waals surface area contributed by atoms with Crippen LogP contribution in [0.4, 0.5) is 11.4 Å². The quantitative estimate of drug-likeness (QED) is 0.861. The average molecular weight is 333 g/mol. The Morgan fingerprint density at radius 1 is 1.17 bits per heavy atom. The third-order valence-corrected chi connectivity index (χ3v) is 3.47. The average Bonchev–Trinajstić information content (AvgIpc) is 2.51. The van der Waals surface area contributed by atoms with E-state index in [2.05, 4.69) is 5.32 Å². The second kappa shape index (κ2) is 7.88. The Morgan fingerprint density at radius 2 is 1.87 bits per heavy atom. The summed E-state index contributed by atoms with van der Waals surface area (Å²) in [5, 5.41) is 3.35. The van der Waals surface area contributed by atoms with Crippen molar-refractivity contribution in [3.05, 3.63) is 53.6 Å². The number of nitrogens with zero attached hydrogens (tertiary/aromatic N) is 1. The fourth-order valence-electron chi connectivity index (χ4n) is 2.14. The van der Waals surface area contributed by atoms with Gasteiger partial charge in [-0.25, -0.2) is 0 Å². The summed E-state index contributed by atoms with van der Waals surface area (Å²) < 4.78 is 5.71. The molecule has 0 unspecified atom stereocenters. The van der Waals surface area contributed by atoms with Crippen LogP contribution < -0.4 is 15.0 Å². The number of likely N-dealkylation sites (N-methyl/N-ethyl adjacent to an activating group) is 1. The fraction of sp³-hybridized carbons (Fsp3) is 0.278. The Labute approximate surface area is 142 Å². The van der Waals surface area contributed by atoms with Crippen LogP contribution in [0.15, 0.2) is 48.5 Å². The van der Waals surface area contributed by atoms with Crippen LogP contribution in [-0.2, 0) is 4.79 Å². The molecule has 0 aliphatic heterocycles. The maximum atomic E-state index is 12.3. The highest BCUT2D eigenvalue weighted by molar-refractivity contribution is 6.32. The molecule has 0 radical (unpaired) electrons. The predicted octanol–water partition coefficient (Wildman–Crippen LogP) is 4.20. The molecule has 0 aliphatic rings. The molecule has 1 amide bonds. The van der Waals surface area contributed by atoms with Crippen molar-refractivity contribution >= 4 is 28.9 Å². The molecule has 0 saturated heterocycles. The molecule has 0 heterocycles. The molecule has 0 saturated carbocycles. The highest BCUT2D eigenvalue weighted by Crippen LogP contribution is 2.33. The van der Waals surface area contributed by atoms with E-state index in [1.165, 1.54) is 0 Å². The molecule has 0 bridgehead atoms. The second-order valence-corrected chi connectivity index (χ2v) is 5.93. The molecular weight excluding hydrogens is 312 g/mol. The predicted molar refractivity (Wildman–Crippen MR) is 95.6 cm³/mol. The zero-order valence-electron chi connectivity index (χ0n) is 13.5. The molecular formula is C18H21ClN2O2. The number of hydrogen-bond acceptors (Lipinski definition) is 3. The first-order valence-electron chi connectivity index (χ1n) is 7.48. The Balaban J connectivity index is 2.07. The van der Waals surface area contributed by atoms with Crippen molar-refractivity contribution in [2.45, 2.75) is 20.0 Å². The summed E-state index contributed by atoms with van der Waals surface area (Å²) in [5.74, 6) is 0.368. The maximum absolute atomic E-state index is 12.3. The molecule has 2 rings (SSSR count). The minimum atomic E-state index is -0.132. The van der Waals surface area contributed by atoms with Crippen molar-refractivity contribution in [2.24, 2.45) is 0 Å². The number of rotatable bonds is 6. The number of nitrogens with one attached hydrogen (secondary N) is 1. The molecule has 4 nitrogen and oxygen atoms in total. The zero-order valence-corrected chi connectivity index (χ0v) is 14.3. The van der Waals surface area contributed by atoms with Gasteiger partial charge in [0.15, 0.2) is 5.75 Å². The van der Waals surface area contributed by atoms with Crippen LogP contribution in [0, 0.1) is 0 Å². The van der Waals surface area contributed by atoms with Gasteiger partial charge >= 0.3 is 0 Å². The molecule has 1 N–H and O–H groups in total. The van der Waals surface area contributed by atoms with Crippen molar-refractivity contribution < 1.29 is 9.53 Å². The standard InChI is InChI=1S/C18H21ClN2O2/c1-13(2)23-18-15(19)10-7-11-16(18)20-17(22)12-21(3)14-8-5-4-6-9-14/h4-11,13H,12H2,1-3H3,(H,20,22). The van der Waals surface area contributed by atoms with E-state index in [9.17, 15) is 4.79 Å². The third kappa shape index (κ3) is 4.89. The summed E-state index contributed by atoms with van der Waals surface area (Å²) in [6, 6.07) is 15.0. The van der Waals surface area contributed by atoms with Gasteiger partial charge in [-0.2, -0.15) is 0 Å². The van der Waals surface area contributed by atoms with Gasteiger partial charge in [0.2, 0.25) is 5.91 Å². The van der Waals surface area contributed by atoms with E-state index in [0.29, 0.717) is 16.5 Å². The molecule has 23 heavy (non-hydrogen) atoms. The summed E-state index contributed by atoms with van der Waals surface area (Å²) in [4.78, 5) is 14.2. The summed E-state index contributed by atoms with van der Waals surface area (Å²) >= 11 is 6.17. The second-order valence-electron chi connectivity index (χ2n) is 5.52. The minimum Gasteiger partial charge on any atom is -0.487 e. The van der Waals surface area contributed by atoms with E-state index in [4.69, 9.17) is 16.3 Å². The molecule has 0 fully saturated rings. The van der Waals surface area contributed by atoms with E-state index in [1.807, 2.05) is 56.1 Å². The van der Waals surface area contributed by atoms with Crippen molar-refractivity contribution in [2.75, 3.05) is 23.8 Å². The number of carbonyl (C=O) groups excluding carboxylic acids is 1. The molecule has 122 valence electrons. The first-order valence-corrected chi connectivity index (χ1v) is 7.86. The van der Waals surface area contributed by atoms with Crippen LogP contribution >= 0.6 is 11.6 Å². The van der Waals surface area contributed by atoms with Gasteiger partial charge in [0.05, 0.1) is 23.4 Å². The molecule has 0 aliphatic carbocycles. The Kier molecular flexibility index (Phi) is 5.88. The summed E-state index contributed by atoms with van der Waals surface area (Å²) in [7, 11) is 1.87. The number of carbonyl (C=O) groups is 1. The molecule has 2 aromatic rings. The van der Waals surface area contributed by atoms with Crippen molar-refractivity contribution in [3.63, 3.8) is 0 Å². The number of hydrogen-bond donors (Lipinski definition) is 1. The molecule has 2 aromatic carbocycles. The summed E-state index contributed by atoms with van der Waals surface area (Å²) in [6.07, 6.45) is -0.0301. The zero-order chi connectivity index (χ0) is 16.8. The number of halogens is 1. The van der Waals surface area contributed by atoms with Crippen LogP contribution in [0.3, 0.4) is 0 Å². The highest BCUT2D eigenvalue weighted by atomic mass is 35.5. The molecule has 0 aromatic heterocycles. The van der Waals surface area contributed by atoms with Crippen molar-refractivity contribution in [1.82, 2.24) is 0 Å². The number of ether oxygens (including phenoxy) is 1. The van der Waals surface area contributed by atoms with Gasteiger partial charge in [-0.15, -0.1) is 0 Å². The van der Waals surface area contributed by atoms with Gasteiger partial charge in [0.1, 0.15) is 0 Å². The van der Waals surface area contributed by atoms with Crippen LogP contribution in [0.2, 0.25) is 5.02 Å². The Bertz CT molecular complexity index is 659. The first-order chi connectivity index (χ1) is 11.0. The van der Waals surface area contributed by atoms with Crippen LogP contribution in [0.1, 0.15) is 13.8 Å². The molecule has 5 heteroatoms. The number of anilines is 2. The van der Waals surface area contributed by atoms with E-state index >= 15 is 0 Å². The maximum Gasteiger partial charge on any atom is 0.243 e. The third-order valence-electron chi connectivity index (χ3n) is 3.17. The van der Waals surface area contributed by atoms with Gasteiger partial charge in [0.25, 0.3) is 0 Å². The Morgan fingerprint density at radius 3 is 2.52 bits per heavy atom. The minimum absolute atomic E-state index is 0.0301. The lowest BCUT2D eigenvalue weighted by atomic mass is 10.2. The van der Waals surface area contributed by atoms with Gasteiger partial charge in [-0.3, -0.25) is 4.79 Å². The largest absolute Gasteiger partial charge is 0.487 e. The van der Waals surface area contributed by atoms with Crippen molar-refractivity contribution in [3.8, 4) is 5.75 Å². The lowest BCUT2D eigenvalue weighted by Crippen LogP contribution is -2.30. The van der Waals surface area contributed by atoms with E-state index in [1.54, 1.807) is 18.2 Å². The molecule has 0 atom stereocenters. The fourth-order valence-corrected chi connectivity index (χ4v) is 2.36. The van der Waals surface area contributed by atoms with Crippen LogP contribution in [0.25, 0.3) is 0 Å². The number of para-hydroxylation sites is 2. The monoisotopic (exact) mass is 332 g/mol. The van der Waals surface area contributed by atoms with Crippen LogP contribution in [-0.4, -0.2) is 25.6 Å². The van der Waals surface area contributed by atoms with E-state index < -0.39 is 0 Å². The smallest absolute Gasteiger partial charge is 0.243 e. The highest BCUT2D eigenvalue weighted by Gasteiger charge is 2.14. The lowest BCUT2D eigenvalue weighted by molar-refractivity contribution is -0.114. The van der Waals surface area contributed by atoms with Crippen LogP contribution in [0.5, 0.6) is 5.75 Å². The number of benzene rings is 2. The topological polar surface area (TPSA) is 41.6 Å². The van der Waals surface area contributed by atoms with E-state index in [0.717, 1.165) is 5.69 Å². The van der Waals surface area contributed by atoms with Crippen molar-refractivity contribution in [1.29, 1.82) is 0 Å². The van der Waals surface area contributed by atoms with E-state index in [-0.39, 0.29) is 18.6 Å². The Hall–Kier alpha value is -2.20. The lowest BCUT2D eigenvalue weighted by Gasteiger charge is -2.20. The first kappa shape index (κ1) is 17.2. The summed E-state index contributed by atoms with van der Waals surface area (Å²) in [5.41, 5.74) is 1.56.